The molecule has 1 heterocycles. The maximum atomic E-state index is 12.3. The summed E-state index contributed by atoms with van der Waals surface area (Å²) in [6.45, 7) is 5.42. The highest BCUT2D eigenvalue weighted by molar-refractivity contribution is 5.98. The molecular weight excluding hydrogens is 338 g/mol. The van der Waals surface area contributed by atoms with Gasteiger partial charge < -0.3 is 14.9 Å². The fraction of sp³-hybridized carbons (Fsp3) is 0.545. The zero-order valence-electron chi connectivity index (χ0n) is 16.7. The van der Waals surface area contributed by atoms with Gasteiger partial charge in [0.05, 0.1) is 0 Å². The van der Waals surface area contributed by atoms with Gasteiger partial charge in [0.2, 0.25) is 0 Å². The van der Waals surface area contributed by atoms with E-state index in [9.17, 15) is 9.90 Å². The number of amidine groups is 1. The summed E-state index contributed by atoms with van der Waals surface area (Å²) in [6, 6.07) is 0. The predicted molar refractivity (Wildman–Crippen MR) is 109 cm³/mol. The lowest BCUT2D eigenvalue weighted by molar-refractivity contribution is -0.129. The second kappa shape index (κ2) is 7.75. The van der Waals surface area contributed by atoms with Gasteiger partial charge in [-0.05, 0) is 38.7 Å². The van der Waals surface area contributed by atoms with Crippen LogP contribution in [0.1, 0.15) is 52.4 Å². The van der Waals surface area contributed by atoms with Gasteiger partial charge >= 0.3 is 0 Å². The van der Waals surface area contributed by atoms with Crippen molar-refractivity contribution in [3.8, 4) is 0 Å². The van der Waals surface area contributed by atoms with Gasteiger partial charge in [0.1, 0.15) is 17.8 Å². The van der Waals surface area contributed by atoms with Crippen LogP contribution in [0.2, 0.25) is 0 Å². The minimum absolute atomic E-state index is 0.0379. The van der Waals surface area contributed by atoms with E-state index >= 15 is 0 Å². The van der Waals surface area contributed by atoms with Crippen LogP contribution in [-0.2, 0) is 4.79 Å². The number of carbonyl (C=O) groups excluding carboxylic acids is 1. The third-order valence-corrected chi connectivity index (χ3v) is 6.14. The first-order valence-electron chi connectivity index (χ1n) is 9.87. The molecule has 0 aromatic carbocycles. The average Bonchev–Trinajstić information content (AvgIpc) is 3.02. The summed E-state index contributed by atoms with van der Waals surface area (Å²) in [5.41, 5.74) is 4.13. The van der Waals surface area contributed by atoms with Crippen LogP contribution in [0.5, 0.6) is 0 Å². The normalized spacial score (nSPS) is 24.5. The number of likely N-dealkylation sites (N-methyl/N-ethyl adjacent to an activating group) is 1. The van der Waals surface area contributed by atoms with E-state index in [0.717, 1.165) is 25.5 Å². The number of hydrogen-bond acceptors (Lipinski definition) is 3. The van der Waals surface area contributed by atoms with Crippen molar-refractivity contribution >= 4 is 11.7 Å². The summed E-state index contributed by atoms with van der Waals surface area (Å²) < 4.78 is 0. The zero-order chi connectivity index (χ0) is 19.6. The molecule has 0 aromatic rings. The van der Waals surface area contributed by atoms with Crippen molar-refractivity contribution in [3.05, 3.63) is 46.9 Å². The summed E-state index contributed by atoms with van der Waals surface area (Å²) in [7, 11) is 1.73. The largest absolute Gasteiger partial charge is 0.513 e. The molecule has 1 aliphatic heterocycles. The number of rotatable bonds is 3. The first-order valence-corrected chi connectivity index (χ1v) is 9.87. The second-order valence-corrected chi connectivity index (χ2v) is 8.25. The Balaban J connectivity index is 1.86. The van der Waals surface area contributed by atoms with Gasteiger partial charge in [-0.3, -0.25) is 10.2 Å². The van der Waals surface area contributed by atoms with E-state index in [1.807, 2.05) is 0 Å². The van der Waals surface area contributed by atoms with Crippen LogP contribution in [0, 0.1) is 10.8 Å². The van der Waals surface area contributed by atoms with Crippen LogP contribution < -0.4 is 0 Å². The van der Waals surface area contributed by atoms with Gasteiger partial charge in [0.15, 0.2) is 0 Å². The molecule has 0 aromatic heterocycles. The Labute approximate surface area is 162 Å². The van der Waals surface area contributed by atoms with E-state index in [2.05, 4.69) is 32.1 Å². The van der Waals surface area contributed by atoms with Crippen LogP contribution >= 0.6 is 0 Å². The zero-order valence-corrected chi connectivity index (χ0v) is 16.7. The van der Waals surface area contributed by atoms with Crippen molar-refractivity contribution < 1.29 is 9.90 Å². The van der Waals surface area contributed by atoms with Gasteiger partial charge in [0.25, 0.3) is 5.91 Å². The molecule has 146 valence electrons. The van der Waals surface area contributed by atoms with Gasteiger partial charge in [-0.25, -0.2) is 0 Å². The van der Waals surface area contributed by atoms with E-state index < -0.39 is 0 Å². The Hall–Kier alpha value is -2.30. The fourth-order valence-corrected chi connectivity index (χ4v) is 4.66. The lowest BCUT2D eigenvalue weighted by Gasteiger charge is -2.38. The second-order valence-electron chi connectivity index (χ2n) is 8.25. The Morgan fingerprint density at radius 3 is 2.63 bits per heavy atom. The summed E-state index contributed by atoms with van der Waals surface area (Å²) in [4.78, 5) is 15.6. The quantitative estimate of drug-likeness (QED) is 0.337. The lowest BCUT2D eigenvalue weighted by Crippen LogP contribution is -2.49. The average molecular weight is 370 g/mol. The van der Waals surface area contributed by atoms with Gasteiger partial charge in [-0.1, -0.05) is 42.2 Å². The third kappa shape index (κ3) is 3.87. The van der Waals surface area contributed by atoms with Crippen molar-refractivity contribution in [2.24, 2.45) is 5.41 Å². The molecule has 27 heavy (non-hydrogen) atoms. The topological polar surface area (TPSA) is 67.6 Å². The maximum absolute atomic E-state index is 12.3. The van der Waals surface area contributed by atoms with Crippen LogP contribution in [0.3, 0.4) is 0 Å². The molecule has 0 unspecified atom stereocenters. The lowest BCUT2D eigenvalue weighted by atomic mass is 9.74. The molecule has 0 spiro atoms. The number of aliphatic hydroxyl groups excluding tert-OH is 1. The standard InChI is InChI=1S/C22H31N3O2/c1-16-6-7-18(13-17(2)12-16)22(8-4-5-9-22)14-20(23)25-11-10-24(3)21(27)19(25)15-26/h7,12-13,15,23,26H,4-6,8-11,14H2,1-3H3/b19-15+,23-20?. The SMILES string of the molecule is CC1=CC(C2(CC(=N)N3CCN(C)C(=O)/C3=C\O)CCCC2)=CCC(C)=C1. The van der Waals surface area contributed by atoms with E-state index in [0.29, 0.717) is 25.3 Å². The number of aliphatic hydroxyl groups is 1. The van der Waals surface area contributed by atoms with E-state index in [-0.39, 0.29) is 17.0 Å². The molecule has 0 bridgehead atoms. The smallest absolute Gasteiger partial charge is 0.273 e. The molecular formula is C22H31N3O2. The van der Waals surface area contributed by atoms with Gasteiger partial charge in [0, 0.05) is 32.0 Å². The molecule has 2 fully saturated rings. The van der Waals surface area contributed by atoms with Gasteiger partial charge in [-0.2, -0.15) is 0 Å². The Kier molecular flexibility index (Phi) is 5.59. The highest BCUT2D eigenvalue weighted by Crippen LogP contribution is 2.49. The molecule has 2 aliphatic carbocycles. The minimum Gasteiger partial charge on any atom is -0.513 e. The maximum Gasteiger partial charge on any atom is 0.273 e. The number of hydrogen-bond donors (Lipinski definition) is 2. The molecule has 1 saturated heterocycles. The summed E-state index contributed by atoms with van der Waals surface area (Å²) >= 11 is 0. The van der Waals surface area contributed by atoms with Crippen molar-refractivity contribution in [3.63, 3.8) is 0 Å². The number of piperazine rings is 1. The molecule has 1 saturated carbocycles. The van der Waals surface area contributed by atoms with Crippen molar-refractivity contribution in [2.75, 3.05) is 20.1 Å². The Morgan fingerprint density at radius 2 is 1.96 bits per heavy atom. The van der Waals surface area contributed by atoms with Crippen molar-refractivity contribution in [2.45, 2.75) is 52.4 Å². The van der Waals surface area contributed by atoms with Gasteiger partial charge in [-0.15, -0.1) is 0 Å². The Bertz CT molecular complexity index is 752. The molecule has 5 nitrogen and oxygen atoms in total. The summed E-state index contributed by atoms with van der Waals surface area (Å²) in [5, 5.41) is 18.4. The molecule has 1 amide bonds. The predicted octanol–water partition coefficient (Wildman–Crippen LogP) is 4.31. The van der Waals surface area contributed by atoms with Crippen molar-refractivity contribution in [1.82, 2.24) is 9.80 Å². The molecule has 5 heteroatoms. The van der Waals surface area contributed by atoms with Crippen LogP contribution in [0.25, 0.3) is 0 Å². The summed E-state index contributed by atoms with van der Waals surface area (Å²) in [5.74, 6) is 0.206. The highest BCUT2D eigenvalue weighted by Gasteiger charge is 2.40. The molecule has 3 rings (SSSR count). The molecule has 0 radical (unpaired) electrons. The number of nitrogens with one attached hydrogen (secondary N) is 1. The monoisotopic (exact) mass is 369 g/mol. The van der Waals surface area contributed by atoms with Crippen LogP contribution in [0.15, 0.2) is 46.9 Å². The first kappa shape index (κ1) is 19.5. The highest BCUT2D eigenvalue weighted by atomic mass is 16.2. The van der Waals surface area contributed by atoms with Crippen molar-refractivity contribution in [1.29, 1.82) is 5.41 Å². The number of amides is 1. The molecule has 3 aliphatic rings. The van der Waals surface area contributed by atoms with E-state index in [1.165, 1.54) is 29.6 Å². The fourth-order valence-electron chi connectivity index (χ4n) is 4.66. The number of nitrogens with zero attached hydrogens (tertiary/aromatic N) is 2. The molecule has 2 N–H and O–H groups in total. The first-order chi connectivity index (χ1) is 12.9. The van der Waals surface area contributed by atoms with Crippen LogP contribution in [0.4, 0.5) is 0 Å². The molecule has 0 atom stereocenters. The number of allylic oxidation sites excluding steroid dienone is 6. The third-order valence-electron chi connectivity index (χ3n) is 6.14. The Morgan fingerprint density at radius 1 is 1.26 bits per heavy atom. The minimum atomic E-state index is -0.224. The van der Waals surface area contributed by atoms with E-state index in [1.54, 1.807) is 16.8 Å². The van der Waals surface area contributed by atoms with E-state index in [4.69, 9.17) is 5.41 Å². The number of carbonyl (C=O) groups is 1. The van der Waals surface area contributed by atoms with Crippen LogP contribution in [-0.4, -0.2) is 46.8 Å². The summed E-state index contributed by atoms with van der Waals surface area (Å²) in [6.07, 6.45) is 13.8.